The van der Waals surface area contributed by atoms with E-state index in [2.05, 4.69) is 25.6 Å². The molecule has 3 heterocycles. The van der Waals surface area contributed by atoms with Crippen LogP contribution in [-0.4, -0.2) is 26.7 Å². The predicted molar refractivity (Wildman–Crippen MR) is 101 cm³/mol. The van der Waals surface area contributed by atoms with Gasteiger partial charge in [-0.15, -0.1) is 0 Å². The van der Waals surface area contributed by atoms with Crippen molar-refractivity contribution in [3.63, 3.8) is 0 Å². The maximum atomic E-state index is 11.6. The highest BCUT2D eigenvalue weighted by atomic mass is 16.7. The topological polar surface area (TPSA) is 124 Å². The van der Waals surface area contributed by atoms with Gasteiger partial charge in [0.2, 0.25) is 18.4 Å². The molecule has 0 spiro atoms. The van der Waals surface area contributed by atoms with Gasteiger partial charge < -0.3 is 20.1 Å². The summed E-state index contributed by atoms with van der Waals surface area (Å²) >= 11 is 0. The van der Waals surface area contributed by atoms with E-state index in [9.17, 15) is 10.1 Å². The Morgan fingerprint density at radius 3 is 2.71 bits per heavy atom. The lowest BCUT2D eigenvalue weighted by molar-refractivity contribution is -0.383. The summed E-state index contributed by atoms with van der Waals surface area (Å²) in [6, 6.07) is 9.03. The third-order valence-electron chi connectivity index (χ3n) is 4.06. The molecular weight excluding hydrogens is 364 g/mol. The molecule has 0 aliphatic carbocycles. The molecule has 0 bridgehead atoms. The number of rotatable bonds is 6. The molecular formula is C18H16N6O4. The zero-order valence-electron chi connectivity index (χ0n) is 14.9. The van der Waals surface area contributed by atoms with Crippen molar-refractivity contribution in [2.75, 3.05) is 17.4 Å². The predicted octanol–water partition coefficient (Wildman–Crippen LogP) is 3.17. The molecule has 1 aliphatic heterocycles. The lowest BCUT2D eigenvalue weighted by atomic mass is 10.2. The molecule has 2 N–H and O–H groups in total. The fourth-order valence-electron chi connectivity index (χ4n) is 2.67. The van der Waals surface area contributed by atoms with Gasteiger partial charge >= 0.3 is 5.69 Å². The number of nitrogens with zero attached hydrogens (tertiary/aromatic N) is 4. The van der Waals surface area contributed by atoms with Crippen molar-refractivity contribution in [2.24, 2.45) is 0 Å². The minimum absolute atomic E-state index is 0.0598. The first-order valence-electron chi connectivity index (χ1n) is 8.41. The van der Waals surface area contributed by atoms with Crippen LogP contribution in [0, 0.1) is 17.0 Å². The Balaban J connectivity index is 1.56. The van der Waals surface area contributed by atoms with Crippen LogP contribution >= 0.6 is 0 Å². The Kier molecular flexibility index (Phi) is 4.58. The van der Waals surface area contributed by atoms with E-state index >= 15 is 0 Å². The van der Waals surface area contributed by atoms with Crippen LogP contribution in [0.2, 0.25) is 0 Å². The summed E-state index contributed by atoms with van der Waals surface area (Å²) in [4.78, 5) is 23.3. The zero-order valence-corrected chi connectivity index (χ0v) is 14.9. The molecule has 3 aromatic rings. The van der Waals surface area contributed by atoms with Gasteiger partial charge in [0.25, 0.3) is 0 Å². The number of anilines is 3. The fraction of sp³-hybridized carbons (Fsp3) is 0.167. The third kappa shape index (κ3) is 3.61. The molecule has 10 nitrogen and oxygen atoms in total. The summed E-state index contributed by atoms with van der Waals surface area (Å²) in [5.41, 5.74) is 1.59. The monoisotopic (exact) mass is 380 g/mol. The van der Waals surface area contributed by atoms with E-state index in [-0.39, 0.29) is 24.1 Å². The Hall–Kier alpha value is -3.95. The number of aromatic nitrogens is 3. The molecule has 0 atom stereocenters. The Bertz CT molecular complexity index is 1030. The Morgan fingerprint density at radius 1 is 1.11 bits per heavy atom. The average molecular weight is 380 g/mol. The lowest BCUT2D eigenvalue weighted by Crippen LogP contribution is -2.08. The molecule has 0 saturated carbocycles. The van der Waals surface area contributed by atoms with Gasteiger partial charge in [-0.1, -0.05) is 12.1 Å². The molecule has 0 saturated heterocycles. The second-order valence-electron chi connectivity index (χ2n) is 6.06. The van der Waals surface area contributed by atoms with Crippen molar-refractivity contribution in [2.45, 2.75) is 13.5 Å². The third-order valence-corrected chi connectivity index (χ3v) is 4.06. The summed E-state index contributed by atoms with van der Waals surface area (Å²) in [5.74, 6) is 1.93. The van der Waals surface area contributed by atoms with Crippen molar-refractivity contribution in [1.82, 2.24) is 15.0 Å². The summed E-state index contributed by atoms with van der Waals surface area (Å²) in [6.45, 7) is 2.41. The number of hydrogen-bond donors (Lipinski definition) is 2. The van der Waals surface area contributed by atoms with Crippen molar-refractivity contribution < 1.29 is 14.4 Å². The maximum absolute atomic E-state index is 11.6. The molecule has 1 aliphatic rings. The highest BCUT2D eigenvalue weighted by Gasteiger charge is 2.23. The lowest BCUT2D eigenvalue weighted by Gasteiger charge is -2.10. The SMILES string of the molecule is Cc1ccc(Nc2ncnc(NCc3ccc4c(c3)OCO4)c2[N+](=O)[O-])nc1. The maximum Gasteiger partial charge on any atom is 0.353 e. The number of nitro groups is 1. The van der Waals surface area contributed by atoms with Crippen molar-refractivity contribution >= 4 is 23.1 Å². The fourth-order valence-corrected chi connectivity index (χ4v) is 2.67. The van der Waals surface area contributed by atoms with E-state index in [4.69, 9.17) is 9.47 Å². The first-order valence-corrected chi connectivity index (χ1v) is 8.41. The number of ether oxygens (including phenoxy) is 2. The number of benzene rings is 1. The summed E-state index contributed by atoms with van der Waals surface area (Å²) in [5, 5.41) is 17.5. The summed E-state index contributed by atoms with van der Waals surface area (Å²) < 4.78 is 10.6. The van der Waals surface area contributed by atoms with Crippen LogP contribution in [0.5, 0.6) is 11.5 Å². The van der Waals surface area contributed by atoms with Crippen LogP contribution < -0.4 is 20.1 Å². The number of nitrogens with one attached hydrogen (secondary N) is 2. The highest BCUT2D eigenvalue weighted by Crippen LogP contribution is 2.34. The summed E-state index contributed by atoms with van der Waals surface area (Å²) in [7, 11) is 0. The minimum Gasteiger partial charge on any atom is -0.454 e. The van der Waals surface area contributed by atoms with Crippen molar-refractivity contribution in [3.05, 3.63) is 64.1 Å². The van der Waals surface area contributed by atoms with Gasteiger partial charge in [0.1, 0.15) is 12.1 Å². The van der Waals surface area contributed by atoms with E-state index < -0.39 is 4.92 Å². The quantitative estimate of drug-likeness (QED) is 0.490. The Morgan fingerprint density at radius 2 is 1.93 bits per heavy atom. The number of fused-ring (bicyclic) bond motifs is 1. The van der Waals surface area contributed by atoms with Gasteiger partial charge in [-0.05, 0) is 36.2 Å². The molecule has 0 amide bonds. The van der Waals surface area contributed by atoms with Crippen molar-refractivity contribution in [1.29, 1.82) is 0 Å². The van der Waals surface area contributed by atoms with Gasteiger partial charge in [-0.3, -0.25) is 10.1 Å². The molecule has 2 aromatic heterocycles. The first-order chi connectivity index (χ1) is 13.6. The van der Waals surface area contributed by atoms with Gasteiger partial charge in [0, 0.05) is 12.7 Å². The van der Waals surface area contributed by atoms with Crippen LogP contribution in [0.25, 0.3) is 0 Å². The van der Waals surface area contributed by atoms with Crippen molar-refractivity contribution in [3.8, 4) is 11.5 Å². The minimum atomic E-state index is -0.529. The van der Waals surface area contributed by atoms with Gasteiger partial charge in [0.15, 0.2) is 11.5 Å². The van der Waals surface area contributed by atoms with Crippen LogP contribution in [0.15, 0.2) is 42.9 Å². The van der Waals surface area contributed by atoms with Gasteiger partial charge in [-0.2, -0.15) is 0 Å². The van der Waals surface area contributed by atoms with E-state index in [1.54, 1.807) is 18.3 Å². The summed E-state index contributed by atoms with van der Waals surface area (Å²) in [6.07, 6.45) is 2.92. The van der Waals surface area contributed by atoms with Crippen LogP contribution in [0.4, 0.5) is 23.1 Å². The molecule has 10 heteroatoms. The van der Waals surface area contributed by atoms with E-state index in [0.29, 0.717) is 23.9 Å². The molecule has 0 fully saturated rings. The second kappa shape index (κ2) is 7.35. The second-order valence-corrected chi connectivity index (χ2v) is 6.06. The standard InChI is InChI=1S/C18H16N6O4/c1-11-2-5-15(19-7-11)23-18-16(24(25)26)17(21-9-22-18)20-8-12-3-4-13-14(6-12)28-10-27-13/h2-7,9H,8,10H2,1H3,(H2,19,20,21,22,23). The molecule has 0 unspecified atom stereocenters. The largest absolute Gasteiger partial charge is 0.454 e. The first kappa shape index (κ1) is 17.5. The van der Waals surface area contributed by atoms with E-state index in [0.717, 1.165) is 11.1 Å². The molecule has 1 aromatic carbocycles. The van der Waals surface area contributed by atoms with Crippen LogP contribution in [0.1, 0.15) is 11.1 Å². The number of pyridine rings is 1. The van der Waals surface area contributed by atoms with Gasteiger partial charge in [-0.25, -0.2) is 15.0 Å². The number of aryl methyl sites for hydroxylation is 1. The van der Waals surface area contributed by atoms with Crippen LogP contribution in [-0.2, 0) is 6.54 Å². The molecule has 4 rings (SSSR count). The van der Waals surface area contributed by atoms with E-state index in [1.807, 2.05) is 25.1 Å². The molecule has 142 valence electrons. The van der Waals surface area contributed by atoms with Crippen LogP contribution in [0.3, 0.4) is 0 Å². The zero-order chi connectivity index (χ0) is 19.5. The Labute approximate surface area is 159 Å². The van der Waals surface area contributed by atoms with Gasteiger partial charge in [0.05, 0.1) is 4.92 Å². The average Bonchev–Trinajstić information content (AvgIpc) is 3.16. The smallest absolute Gasteiger partial charge is 0.353 e. The molecule has 0 radical (unpaired) electrons. The normalized spacial score (nSPS) is 11.9. The highest BCUT2D eigenvalue weighted by molar-refractivity contribution is 5.72. The molecule has 28 heavy (non-hydrogen) atoms. The van der Waals surface area contributed by atoms with E-state index in [1.165, 1.54) is 6.33 Å². The number of hydrogen-bond acceptors (Lipinski definition) is 9.